The van der Waals surface area contributed by atoms with E-state index in [0.717, 1.165) is 22.9 Å². The first kappa shape index (κ1) is 9.97. The minimum absolute atomic E-state index is 0. The average molecular weight is 198 g/mol. The second-order valence-corrected chi connectivity index (χ2v) is 7.97. The van der Waals surface area contributed by atoms with E-state index in [9.17, 15) is 0 Å². The normalized spacial score (nSPS) is 62.5. The van der Waals surface area contributed by atoms with Crippen LogP contribution in [0.25, 0.3) is 0 Å². The van der Waals surface area contributed by atoms with Crippen LogP contribution in [0.15, 0.2) is 0 Å². The van der Waals surface area contributed by atoms with Gasteiger partial charge < -0.3 is 0 Å². The molecule has 3 fully saturated rings. The molecule has 0 nitrogen and oxygen atoms in total. The van der Waals surface area contributed by atoms with Crippen LogP contribution in [-0.2, 0) is 0 Å². The highest BCUT2D eigenvalue weighted by molar-refractivity contribution is 7.59. The fraction of sp³-hybridized carbons (Fsp3) is 1.00. The van der Waals surface area contributed by atoms with Gasteiger partial charge in [-0.1, -0.05) is 21.3 Å². The molecule has 3 rings (SSSR count). The highest BCUT2D eigenvalue weighted by Crippen LogP contribution is 2.82. The highest BCUT2D eigenvalue weighted by Gasteiger charge is 2.71. The van der Waals surface area contributed by atoms with Gasteiger partial charge in [0.15, 0.2) is 0 Å². The molecule has 76 valence electrons. The molecule has 3 aliphatic rings. The molecule has 1 saturated heterocycles. The van der Waals surface area contributed by atoms with Crippen LogP contribution in [-0.4, -0.2) is 18.0 Å². The first-order chi connectivity index (χ1) is 5.67. The minimum Gasteiger partial charge on any atom is -0.102 e. The zero-order valence-electron chi connectivity index (χ0n) is 8.38. The summed E-state index contributed by atoms with van der Waals surface area (Å²) in [5, 5.41) is 0. The van der Waals surface area contributed by atoms with Crippen LogP contribution in [0.5, 0.6) is 0 Å². The van der Waals surface area contributed by atoms with E-state index in [0.29, 0.717) is 7.92 Å². The van der Waals surface area contributed by atoms with E-state index in [-0.39, 0.29) is 7.43 Å². The lowest BCUT2D eigenvalue weighted by Crippen LogP contribution is -2.24. The van der Waals surface area contributed by atoms with Gasteiger partial charge in [0, 0.05) is 0 Å². The second kappa shape index (κ2) is 2.72. The van der Waals surface area contributed by atoms with Crippen LogP contribution >= 0.6 is 7.92 Å². The van der Waals surface area contributed by atoms with E-state index < -0.39 is 0 Å². The first-order valence-corrected chi connectivity index (χ1v) is 7.31. The summed E-state index contributed by atoms with van der Waals surface area (Å²) in [4.78, 5) is 0. The number of fused-ring (bicyclic) bond motifs is 1. The Labute approximate surface area is 84.2 Å². The highest BCUT2D eigenvalue weighted by atomic mass is 31.1. The molecule has 1 aliphatic heterocycles. The fourth-order valence-electron chi connectivity index (χ4n) is 4.25. The maximum absolute atomic E-state index is 2.58. The van der Waals surface area contributed by atoms with Crippen molar-refractivity contribution in [1.29, 1.82) is 0 Å². The van der Waals surface area contributed by atoms with E-state index in [1.807, 2.05) is 0 Å². The molecule has 6 unspecified atom stereocenters. The molecular weight excluding hydrogens is 175 g/mol. The monoisotopic (exact) mass is 198 g/mol. The molecule has 0 aromatic rings. The van der Waals surface area contributed by atoms with Crippen molar-refractivity contribution >= 4 is 7.92 Å². The molecule has 0 amide bonds. The van der Waals surface area contributed by atoms with Crippen molar-refractivity contribution < 1.29 is 0 Å². The Morgan fingerprint density at radius 2 is 2.00 bits per heavy atom. The van der Waals surface area contributed by atoms with E-state index in [1.165, 1.54) is 12.1 Å². The lowest BCUT2D eigenvalue weighted by molar-refractivity contribution is 0.274. The zero-order chi connectivity index (χ0) is 8.51. The van der Waals surface area contributed by atoms with E-state index >= 15 is 0 Å². The third-order valence-corrected chi connectivity index (χ3v) is 8.71. The SMILES string of the molecule is C.CC1CCC23CC1P(C)C2C3C. The summed E-state index contributed by atoms with van der Waals surface area (Å²) in [7, 11) is 0.419. The van der Waals surface area contributed by atoms with Gasteiger partial charge in [0.05, 0.1) is 0 Å². The van der Waals surface area contributed by atoms with E-state index in [4.69, 9.17) is 0 Å². The quantitative estimate of drug-likeness (QED) is 0.517. The minimum atomic E-state index is 0. The van der Waals surface area contributed by atoms with Gasteiger partial charge in [0.2, 0.25) is 0 Å². The summed E-state index contributed by atoms with van der Waals surface area (Å²) < 4.78 is 0. The molecule has 0 aromatic carbocycles. The summed E-state index contributed by atoms with van der Waals surface area (Å²) in [6.45, 7) is 7.58. The van der Waals surface area contributed by atoms with Crippen LogP contribution in [0.4, 0.5) is 0 Å². The van der Waals surface area contributed by atoms with E-state index in [2.05, 4.69) is 20.5 Å². The maximum Gasteiger partial charge on any atom is -0.0118 e. The summed E-state index contributed by atoms with van der Waals surface area (Å²) in [6, 6.07) is 0. The largest absolute Gasteiger partial charge is 0.102 e. The molecule has 2 bridgehead atoms. The molecule has 1 spiro atoms. The Morgan fingerprint density at radius 3 is 2.69 bits per heavy atom. The first-order valence-electron chi connectivity index (χ1n) is 5.39. The van der Waals surface area contributed by atoms with Gasteiger partial charge in [-0.3, -0.25) is 0 Å². The molecule has 1 heterocycles. The van der Waals surface area contributed by atoms with Crippen LogP contribution < -0.4 is 0 Å². The van der Waals surface area contributed by atoms with Crippen molar-refractivity contribution in [3.05, 3.63) is 0 Å². The standard InChI is InChI=1S/C11H19P.CH4/c1-7-4-5-11-6-9(7)12(3)10(11)8(11)2;/h7-10H,4-6H2,1-3H3;1H4. The molecule has 13 heavy (non-hydrogen) atoms. The van der Waals surface area contributed by atoms with Crippen LogP contribution in [0.2, 0.25) is 0 Å². The predicted molar refractivity (Wildman–Crippen MR) is 61.8 cm³/mol. The lowest BCUT2D eigenvalue weighted by Gasteiger charge is -2.33. The molecular formula is C12H23P. The molecule has 6 atom stereocenters. The Kier molecular flexibility index (Phi) is 2.09. The lowest BCUT2D eigenvalue weighted by atomic mass is 9.79. The van der Waals surface area contributed by atoms with Crippen LogP contribution in [0.1, 0.15) is 40.5 Å². The molecule has 0 N–H and O–H groups in total. The van der Waals surface area contributed by atoms with Crippen molar-refractivity contribution in [3.8, 4) is 0 Å². The van der Waals surface area contributed by atoms with Gasteiger partial charge >= 0.3 is 0 Å². The Morgan fingerprint density at radius 1 is 1.31 bits per heavy atom. The third kappa shape index (κ3) is 0.965. The predicted octanol–water partition coefficient (Wildman–Crippen LogP) is 3.94. The second-order valence-electron chi connectivity index (χ2n) is 5.42. The van der Waals surface area contributed by atoms with Crippen LogP contribution in [0.3, 0.4) is 0 Å². The van der Waals surface area contributed by atoms with Gasteiger partial charge in [-0.05, 0) is 54.5 Å². The number of rotatable bonds is 0. The average Bonchev–Trinajstić information content (AvgIpc) is 2.49. The Bertz CT molecular complexity index is 219. The topological polar surface area (TPSA) is 0 Å². The third-order valence-electron chi connectivity index (χ3n) is 5.13. The van der Waals surface area contributed by atoms with Crippen molar-refractivity contribution in [2.24, 2.45) is 17.3 Å². The summed E-state index contributed by atoms with van der Waals surface area (Å²) in [5.41, 5.74) is 3.26. The zero-order valence-corrected chi connectivity index (χ0v) is 9.27. The number of hydrogen-bond acceptors (Lipinski definition) is 0. The van der Waals surface area contributed by atoms with Gasteiger partial charge in [0.1, 0.15) is 0 Å². The van der Waals surface area contributed by atoms with Gasteiger partial charge in [0.25, 0.3) is 0 Å². The molecule has 0 aromatic heterocycles. The molecule has 2 aliphatic carbocycles. The molecule has 2 saturated carbocycles. The molecule has 1 heteroatoms. The molecule has 0 radical (unpaired) electrons. The van der Waals surface area contributed by atoms with Crippen LogP contribution in [0, 0.1) is 17.3 Å². The van der Waals surface area contributed by atoms with Crippen molar-refractivity contribution in [2.45, 2.75) is 51.9 Å². The Balaban J connectivity index is 0.000000653. The summed E-state index contributed by atoms with van der Waals surface area (Å²) in [5.74, 6) is 2.17. The maximum atomic E-state index is 2.58. The fourth-order valence-corrected chi connectivity index (χ4v) is 8.44. The van der Waals surface area contributed by atoms with Crippen molar-refractivity contribution in [3.63, 3.8) is 0 Å². The smallest absolute Gasteiger partial charge is 0.0118 e. The summed E-state index contributed by atoms with van der Waals surface area (Å²) >= 11 is 0. The van der Waals surface area contributed by atoms with Gasteiger partial charge in [-0.25, -0.2) is 0 Å². The van der Waals surface area contributed by atoms with Crippen molar-refractivity contribution in [2.75, 3.05) is 6.66 Å². The van der Waals surface area contributed by atoms with Crippen molar-refractivity contribution in [1.82, 2.24) is 0 Å². The van der Waals surface area contributed by atoms with Gasteiger partial charge in [-0.2, -0.15) is 0 Å². The number of hydrogen-bond donors (Lipinski definition) is 0. The van der Waals surface area contributed by atoms with E-state index in [1.54, 1.807) is 12.8 Å². The summed E-state index contributed by atoms with van der Waals surface area (Å²) in [6.07, 6.45) is 4.73. The van der Waals surface area contributed by atoms with Gasteiger partial charge in [-0.15, -0.1) is 7.92 Å². The Hall–Kier alpha value is 0.430.